The van der Waals surface area contributed by atoms with Crippen molar-refractivity contribution in [2.24, 2.45) is 12.5 Å². The molecule has 0 aliphatic carbocycles. The molecule has 2 aromatic rings. The maximum absolute atomic E-state index is 13.6. The van der Waals surface area contributed by atoms with Crippen LogP contribution in [0.4, 0.5) is 15.8 Å². The average Bonchev–Trinajstić information content (AvgIpc) is 2.98. The zero-order valence-corrected chi connectivity index (χ0v) is 19.0. The normalized spacial score (nSPS) is 13.8. The lowest BCUT2D eigenvalue weighted by Gasteiger charge is -2.36. The van der Waals surface area contributed by atoms with Crippen LogP contribution in [0.15, 0.2) is 18.2 Å². The van der Waals surface area contributed by atoms with E-state index in [1.165, 1.54) is 12.1 Å². The Hall–Kier alpha value is -3.75. The number of Topliss-reactive ketones (excluding diaryl/α,β-unsaturated/α-hetero) is 2. The van der Waals surface area contributed by atoms with Crippen molar-refractivity contribution >= 4 is 28.8 Å². The molecule has 3 rings (SSSR count). The van der Waals surface area contributed by atoms with Gasteiger partial charge in [0.2, 0.25) is 17.3 Å². The van der Waals surface area contributed by atoms with Gasteiger partial charge in [0.1, 0.15) is 11.5 Å². The van der Waals surface area contributed by atoms with Crippen molar-refractivity contribution in [3.05, 3.63) is 57.9 Å². The van der Waals surface area contributed by atoms with Gasteiger partial charge in [-0.1, -0.05) is 12.8 Å². The second-order valence-corrected chi connectivity index (χ2v) is 8.08. The number of aromatic nitrogens is 1. The molecule has 33 heavy (non-hydrogen) atoms. The van der Waals surface area contributed by atoms with E-state index < -0.39 is 28.7 Å². The monoisotopic (exact) mass is 449 g/mol. The standard InChI is InChI=1S/C25H24FN3O4/c1-6-7-10-25(13-33-14-25)12-20(30)23(31)21-15(2)22(29(5)16(21)3)24(32)28-17-8-9-18(26)19(11-17)27-4/h8-9,11H,6,12-14H2,1-3,5H3,(H,28,32). The predicted octanol–water partition coefficient (Wildman–Crippen LogP) is 4.16. The van der Waals surface area contributed by atoms with Crippen molar-refractivity contribution in [1.29, 1.82) is 0 Å². The molecule has 1 aromatic carbocycles. The number of hydrogen-bond donors (Lipinski definition) is 1. The molecule has 1 amide bonds. The van der Waals surface area contributed by atoms with Gasteiger partial charge in [0.15, 0.2) is 0 Å². The van der Waals surface area contributed by atoms with Crippen LogP contribution in [-0.4, -0.2) is 35.3 Å². The number of carbonyl (C=O) groups excluding carboxylic acids is 3. The summed E-state index contributed by atoms with van der Waals surface area (Å²) in [5, 5.41) is 2.63. The van der Waals surface area contributed by atoms with Crippen molar-refractivity contribution < 1.29 is 23.5 Å². The summed E-state index contributed by atoms with van der Waals surface area (Å²) in [5.41, 5.74) is 0.637. The summed E-state index contributed by atoms with van der Waals surface area (Å²) in [6.45, 7) is 12.8. The van der Waals surface area contributed by atoms with E-state index in [9.17, 15) is 18.8 Å². The van der Waals surface area contributed by atoms with Gasteiger partial charge < -0.3 is 14.6 Å². The van der Waals surface area contributed by atoms with Crippen molar-refractivity contribution in [3.63, 3.8) is 0 Å². The number of halogens is 1. The minimum absolute atomic E-state index is 0.0386. The number of nitrogens with one attached hydrogen (secondary N) is 1. The first-order chi connectivity index (χ1) is 15.6. The summed E-state index contributed by atoms with van der Waals surface area (Å²) in [6, 6.07) is 3.68. The molecule has 0 atom stereocenters. The van der Waals surface area contributed by atoms with E-state index in [-0.39, 0.29) is 29.1 Å². The van der Waals surface area contributed by atoms with Crippen LogP contribution in [0, 0.1) is 43.5 Å². The van der Waals surface area contributed by atoms with Crippen molar-refractivity contribution in [1.82, 2.24) is 4.57 Å². The minimum atomic E-state index is -0.682. The lowest BCUT2D eigenvalue weighted by molar-refractivity contribution is -0.126. The molecule has 0 unspecified atom stereocenters. The molecule has 0 saturated carbocycles. The maximum Gasteiger partial charge on any atom is 0.272 e. The number of benzene rings is 1. The molecule has 170 valence electrons. The first-order valence-corrected chi connectivity index (χ1v) is 10.4. The third-order valence-corrected chi connectivity index (χ3v) is 5.74. The van der Waals surface area contributed by atoms with E-state index in [4.69, 9.17) is 11.3 Å². The summed E-state index contributed by atoms with van der Waals surface area (Å²) in [4.78, 5) is 42.0. The summed E-state index contributed by atoms with van der Waals surface area (Å²) in [5.74, 6) is 3.57. The summed E-state index contributed by atoms with van der Waals surface area (Å²) >= 11 is 0. The van der Waals surface area contributed by atoms with E-state index in [0.717, 1.165) is 6.07 Å². The van der Waals surface area contributed by atoms with Crippen LogP contribution in [0.25, 0.3) is 4.85 Å². The zero-order chi connectivity index (χ0) is 24.3. The Morgan fingerprint density at radius 2 is 2.00 bits per heavy atom. The van der Waals surface area contributed by atoms with E-state index >= 15 is 0 Å². The molecule has 8 heteroatoms. The summed E-state index contributed by atoms with van der Waals surface area (Å²) in [6.07, 6.45) is 0.605. The van der Waals surface area contributed by atoms with Gasteiger partial charge in [0, 0.05) is 31.3 Å². The smallest absolute Gasteiger partial charge is 0.272 e. The molecule has 2 heterocycles. The SMILES string of the molecule is [C-]#[N+]c1cc(NC(=O)c2c(C)c(C(=O)C(=O)CC3(C#CCC)COC3)c(C)n2C)ccc1F. The molecule has 0 spiro atoms. The Kier molecular flexibility index (Phi) is 6.81. The molecule has 7 nitrogen and oxygen atoms in total. The Morgan fingerprint density at radius 3 is 2.58 bits per heavy atom. The number of rotatable bonds is 6. The van der Waals surface area contributed by atoms with Gasteiger partial charge in [-0.15, -0.1) is 5.92 Å². The van der Waals surface area contributed by atoms with E-state index in [1.54, 1.807) is 25.5 Å². The Labute approximate surface area is 191 Å². The van der Waals surface area contributed by atoms with Gasteiger partial charge in [-0.25, -0.2) is 9.24 Å². The Morgan fingerprint density at radius 1 is 1.30 bits per heavy atom. The predicted molar refractivity (Wildman–Crippen MR) is 121 cm³/mol. The number of ether oxygens (including phenoxy) is 1. The van der Waals surface area contributed by atoms with Crippen LogP contribution in [0.1, 0.15) is 51.9 Å². The number of ketones is 2. The molecule has 1 fully saturated rings. The summed E-state index contributed by atoms with van der Waals surface area (Å²) in [7, 11) is 1.63. The highest BCUT2D eigenvalue weighted by molar-refractivity contribution is 6.44. The number of anilines is 1. The highest BCUT2D eigenvalue weighted by atomic mass is 19.1. The van der Waals surface area contributed by atoms with Gasteiger partial charge in [-0.05, 0) is 37.6 Å². The second-order valence-electron chi connectivity index (χ2n) is 8.08. The number of carbonyl (C=O) groups is 3. The highest BCUT2D eigenvalue weighted by Gasteiger charge is 2.41. The fourth-order valence-electron chi connectivity index (χ4n) is 3.87. The first kappa shape index (κ1) is 23.9. The molecule has 1 saturated heterocycles. The maximum atomic E-state index is 13.6. The molecule has 1 aliphatic rings. The van der Waals surface area contributed by atoms with Gasteiger partial charge in [0.25, 0.3) is 5.91 Å². The fourth-order valence-corrected chi connectivity index (χ4v) is 3.87. The third kappa shape index (κ3) is 4.57. The van der Waals surface area contributed by atoms with Gasteiger partial charge in [0.05, 0.1) is 30.8 Å². The number of nitrogens with zero attached hydrogens (tertiary/aromatic N) is 2. The Bertz CT molecular complexity index is 1250. The first-order valence-electron chi connectivity index (χ1n) is 10.4. The van der Waals surface area contributed by atoms with Gasteiger partial charge >= 0.3 is 0 Å². The van der Waals surface area contributed by atoms with Gasteiger partial charge in [-0.3, -0.25) is 14.4 Å². The topological polar surface area (TPSA) is 81.8 Å². The quantitative estimate of drug-likeness (QED) is 0.311. The average molecular weight is 449 g/mol. The van der Waals surface area contributed by atoms with Crippen LogP contribution < -0.4 is 5.32 Å². The van der Waals surface area contributed by atoms with Crippen molar-refractivity contribution in [2.75, 3.05) is 18.5 Å². The minimum Gasteiger partial charge on any atom is -0.378 e. The number of hydrogen-bond acceptors (Lipinski definition) is 4. The largest absolute Gasteiger partial charge is 0.378 e. The van der Waals surface area contributed by atoms with Crippen LogP contribution in [0.5, 0.6) is 0 Å². The molecule has 0 radical (unpaired) electrons. The van der Waals surface area contributed by atoms with E-state index in [0.29, 0.717) is 30.9 Å². The third-order valence-electron chi connectivity index (χ3n) is 5.74. The van der Waals surface area contributed by atoms with Crippen molar-refractivity contribution in [3.8, 4) is 11.8 Å². The molecular weight excluding hydrogens is 425 g/mol. The lowest BCUT2D eigenvalue weighted by atomic mass is 9.80. The molecule has 1 aliphatic heterocycles. The van der Waals surface area contributed by atoms with Crippen molar-refractivity contribution in [2.45, 2.75) is 33.6 Å². The van der Waals surface area contributed by atoms with E-state index in [2.05, 4.69) is 22.0 Å². The van der Waals surface area contributed by atoms with Crippen LogP contribution >= 0.6 is 0 Å². The summed E-state index contributed by atoms with van der Waals surface area (Å²) < 4.78 is 20.4. The molecule has 0 bridgehead atoms. The fraction of sp³-hybridized carbons (Fsp3) is 0.360. The second kappa shape index (κ2) is 9.40. The molecule has 1 aromatic heterocycles. The number of amides is 1. The Balaban J connectivity index is 1.87. The highest BCUT2D eigenvalue weighted by Crippen LogP contribution is 2.32. The molecule has 1 N–H and O–H groups in total. The zero-order valence-electron chi connectivity index (χ0n) is 19.0. The molecular formula is C25H24FN3O4. The van der Waals surface area contributed by atoms with Crippen LogP contribution in [0.3, 0.4) is 0 Å². The lowest BCUT2D eigenvalue weighted by Crippen LogP contribution is -2.44. The van der Waals surface area contributed by atoms with Crippen LogP contribution in [0.2, 0.25) is 0 Å². The van der Waals surface area contributed by atoms with Crippen LogP contribution in [-0.2, 0) is 16.6 Å². The van der Waals surface area contributed by atoms with Gasteiger partial charge in [-0.2, -0.15) is 0 Å². The van der Waals surface area contributed by atoms with E-state index in [1.807, 2.05) is 6.92 Å².